The van der Waals surface area contributed by atoms with Gasteiger partial charge in [0.15, 0.2) is 0 Å². The SMILES string of the molecule is C#CCCCCC(=O)N1CCC(CC)(C(=O)O)C1. The van der Waals surface area contributed by atoms with Crippen LogP contribution >= 0.6 is 0 Å². The Bertz CT molecular complexity index is 359. The molecule has 1 N–H and O–H groups in total. The molecule has 4 heteroatoms. The Kier molecular flexibility index (Phi) is 5.21. The summed E-state index contributed by atoms with van der Waals surface area (Å²) in [5, 5.41) is 9.25. The van der Waals surface area contributed by atoms with E-state index in [9.17, 15) is 14.7 Å². The molecule has 1 saturated heterocycles. The third kappa shape index (κ3) is 3.25. The summed E-state index contributed by atoms with van der Waals surface area (Å²) in [5.74, 6) is 1.82. The number of amides is 1. The van der Waals surface area contributed by atoms with E-state index in [1.54, 1.807) is 4.90 Å². The Labute approximate surface area is 108 Å². The van der Waals surface area contributed by atoms with E-state index in [4.69, 9.17) is 6.42 Å². The predicted molar refractivity (Wildman–Crippen MR) is 68.9 cm³/mol. The van der Waals surface area contributed by atoms with Crippen molar-refractivity contribution in [1.82, 2.24) is 4.90 Å². The van der Waals surface area contributed by atoms with Crippen LogP contribution < -0.4 is 0 Å². The standard InChI is InChI=1S/C14H21NO3/c1-3-5-6-7-8-12(16)15-10-9-14(4-2,11-15)13(17)18/h1H,4-11H2,2H3,(H,17,18). The predicted octanol–water partition coefficient (Wildman–Crippen LogP) is 1.89. The van der Waals surface area contributed by atoms with Crippen molar-refractivity contribution in [3.8, 4) is 12.3 Å². The van der Waals surface area contributed by atoms with Gasteiger partial charge < -0.3 is 10.0 Å². The summed E-state index contributed by atoms with van der Waals surface area (Å²) in [5.41, 5.74) is -0.728. The maximum absolute atomic E-state index is 11.9. The number of nitrogens with zero attached hydrogens (tertiary/aromatic N) is 1. The lowest BCUT2D eigenvalue weighted by Gasteiger charge is -2.23. The second-order valence-electron chi connectivity index (χ2n) is 4.92. The van der Waals surface area contributed by atoms with Crippen molar-refractivity contribution in [3.05, 3.63) is 0 Å². The van der Waals surface area contributed by atoms with Gasteiger partial charge in [0.2, 0.25) is 5.91 Å². The minimum absolute atomic E-state index is 0.0589. The molecule has 0 aromatic carbocycles. The van der Waals surface area contributed by atoms with Gasteiger partial charge in [-0.25, -0.2) is 0 Å². The van der Waals surface area contributed by atoms with Crippen molar-refractivity contribution in [1.29, 1.82) is 0 Å². The Morgan fingerprint density at radius 2 is 2.17 bits per heavy atom. The molecule has 1 heterocycles. The Balaban J connectivity index is 2.44. The number of carbonyl (C=O) groups excluding carboxylic acids is 1. The number of unbranched alkanes of at least 4 members (excludes halogenated alkanes) is 2. The van der Waals surface area contributed by atoms with Crippen LogP contribution in [0, 0.1) is 17.8 Å². The van der Waals surface area contributed by atoms with Gasteiger partial charge in [0.1, 0.15) is 0 Å². The highest BCUT2D eigenvalue weighted by atomic mass is 16.4. The van der Waals surface area contributed by atoms with Gasteiger partial charge in [-0.05, 0) is 25.7 Å². The molecular weight excluding hydrogens is 230 g/mol. The lowest BCUT2D eigenvalue weighted by molar-refractivity contribution is -0.148. The highest BCUT2D eigenvalue weighted by Crippen LogP contribution is 2.34. The van der Waals surface area contributed by atoms with Crippen LogP contribution in [0.3, 0.4) is 0 Å². The second kappa shape index (κ2) is 6.44. The van der Waals surface area contributed by atoms with Crippen LogP contribution in [0.5, 0.6) is 0 Å². The summed E-state index contributed by atoms with van der Waals surface area (Å²) < 4.78 is 0. The molecule has 0 radical (unpaired) electrons. The van der Waals surface area contributed by atoms with E-state index in [2.05, 4.69) is 5.92 Å². The van der Waals surface area contributed by atoms with Crippen molar-refractivity contribution in [3.63, 3.8) is 0 Å². The molecule has 100 valence electrons. The van der Waals surface area contributed by atoms with Gasteiger partial charge in [0.25, 0.3) is 0 Å². The zero-order valence-electron chi connectivity index (χ0n) is 10.9. The van der Waals surface area contributed by atoms with E-state index in [-0.39, 0.29) is 5.91 Å². The molecule has 1 rings (SSSR count). The zero-order chi connectivity index (χ0) is 13.6. The average Bonchev–Trinajstić information content (AvgIpc) is 2.80. The number of carboxylic acids is 1. The molecule has 1 atom stereocenters. The smallest absolute Gasteiger partial charge is 0.311 e. The third-order valence-corrected chi connectivity index (χ3v) is 3.80. The topological polar surface area (TPSA) is 57.6 Å². The molecule has 1 aliphatic rings. The summed E-state index contributed by atoms with van der Waals surface area (Å²) in [4.78, 5) is 24.9. The Morgan fingerprint density at radius 3 is 2.67 bits per heavy atom. The monoisotopic (exact) mass is 251 g/mol. The first-order valence-corrected chi connectivity index (χ1v) is 6.50. The molecule has 1 fully saturated rings. The third-order valence-electron chi connectivity index (χ3n) is 3.80. The maximum Gasteiger partial charge on any atom is 0.311 e. The number of carbonyl (C=O) groups is 2. The molecule has 1 amide bonds. The van der Waals surface area contributed by atoms with E-state index in [1.165, 1.54) is 0 Å². The fourth-order valence-corrected chi connectivity index (χ4v) is 2.36. The number of rotatable bonds is 6. The molecule has 1 aliphatic heterocycles. The van der Waals surface area contributed by atoms with Crippen LogP contribution in [0.25, 0.3) is 0 Å². The van der Waals surface area contributed by atoms with Crippen LogP contribution in [0.2, 0.25) is 0 Å². The molecule has 0 saturated carbocycles. The van der Waals surface area contributed by atoms with Crippen LogP contribution in [-0.2, 0) is 9.59 Å². The Hall–Kier alpha value is -1.50. The number of likely N-dealkylation sites (tertiary alicyclic amines) is 1. The van der Waals surface area contributed by atoms with E-state index < -0.39 is 11.4 Å². The first-order chi connectivity index (χ1) is 8.55. The second-order valence-corrected chi connectivity index (χ2v) is 4.92. The van der Waals surface area contributed by atoms with Gasteiger partial charge in [-0.1, -0.05) is 6.92 Å². The lowest BCUT2D eigenvalue weighted by Crippen LogP contribution is -2.36. The van der Waals surface area contributed by atoms with Crippen LogP contribution in [0.15, 0.2) is 0 Å². The summed E-state index contributed by atoms with van der Waals surface area (Å²) in [7, 11) is 0. The minimum atomic E-state index is -0.785. The molecule has 18 heavy (non-hydrogen) atoms. The quantitative estimate of drug-likeness (QED) is 0.579. The summed E-state index contributed by atoms with van der Waals surface area (Å²) in [6, 6.07) is 0. The first-order valence-electron chi connectivity index (χ1n) is 6.50. The first kappa shape index (κ1) is 14.6. The number of carboxylic acid groups (broad SMARTS) is 1. The van der Waals surface area contributed by atoms with E-state index >= 15 is 0 Å². The van der Waals surface area contributed by atoms with Crippen molar-refractivity contribution < 1.29 is 14.7 Å². The maximum atomic E-state index is 11.9. The van der Waals surface area contributed by atoms with Gasteiger partial charge >= 0.3 is 5.97 Å². The zero-order valence-corrected chi connectivity index (χ0v) is 10.9. The van der Waals surface area contributed by atoms with Gasteiger partial charge in [0.05, 0.1) is 5.41 Å². The number of hydrogen-bond donors (Lipinski definition) is 1. The fraction of sp³-hybridized carbons (Fsp3) is 0.714. The van der Waals surface area contributed by atoms with Crippen molar-refractivity contribution in [2.75, 3.05) is 13.1 Å². The van der Waals surface area contributed by atoms with Crippen molar-refractivity contribution in [2.45, 2.75) is 45.4 Å². The number of terminal acetylenes is 1. The van der Waals surface area contributed by atoms with Gasteiger partial charge in [-0.2, -0.15) is 0 Å². The molecular formula is C14H21NO3. The summed E-state index contributed by atoms with van der Waals surface area (Å²) in [6.45, 7) is 2.79. The van der Waals surface area contributed by atoms with Crippen LogP contribution in [-0.4, -0.2) is 35.0 Å². The molecule has 4 nitrogen and oxygen atoms in total. The minimum Gasteiger partial charge on any atom is -0.481 e. The highest BCUT2D eigenvalue weighted by Gasteiger charge is 2.44. The number of hydrogen-bond acceptors (Lipinski definition) is 2. The fourth-order valence-electron chi connectivity index (χ4n) is 2.36. The molecule has 0 aromatic heterocycles. The van der Waals surface area contributed by atoms with E-state index in [1.807, 2.05) is 6.92 Å². The Morgan fingerprint density at radius 1 is 1.44 bits per heavy atom. The summed E-state index contributed by atoms with van der Waals surface area (Å²) in [6.07, 6.45) is 9.09. The highest BCUT2D eigenvalue weighted by molar-refractivity contribution is 5.80. The van der Waals surface area contributed by atoms with Crippen molar-refractivity contribution in [2.24, 2.45) is 5.41 Å². The molecule has 0 bridgehead atoms. The normalized spacial score (nSPS) is 22.8. The van der Waals surface area contributed by atoms with Gasteiger partial charge in [-0.15, -0.1) is 12.3 Å². The molecule has 1 unspecified atom stereocenters. The summed E-state index contributed by atoms with van der Waals surface area (Å²) >= 11 is 0. The van der Waals surface area contributed by atoms with Gasteiger partial charge in [0, 0.05) is 25.9 Å². The van der Waals surface area contributed by atoms with E-state index in [0.29, 0.717) is 38.8 Å². The van der Waals surface area contributed by atoms with Crippen LogP contribution in [0.1, 0.15) is 45.4 Å². The largest absolute Gasteiger partial charge is 0.481 e. The molecule has 0 aromatic rings. The lowest BCUT2D eigenvalue weighted by atomic mass is 9.84. The van der Waals surface area contributed by atoms with E-state index in [0.717, 1.165) is 12.8 Å². The molecule has 0 aliphatic carbocycles. The molecule has 0 spiro atoms. The average molecular weight is 251 g/mol. The number of aliphatic carboxylic acids is 1. The van der Waals surface area contributed by atoms with Crippen molar-refractivity contribution >= 4 is 11.9 Å². The van der Waals surface area contributed by atoms with Crippen LogP contribution in [0.4, 0.5) is 0 Å². The van der Waals surface area contributed by atoms with Gasteiger partial charge in [-0.3, -0.25) is 9.59 Å².